The molecule has 3 nitrogen and oxygen atoms in total. The summed E-state index contributed by atoms with van der Waals surface area (Å²) in [5.41, 5.74) is 9.21. The lowest BCUT2D eigenvalue weighted by Crippen LogP contribution is -2.27. The molecule has 1 aromatic heterocycles. The molecule has 0 amide bonds. The van der Waals surface area contributed by atoms with Gasteiger partial charge in [0.25, 0.3) is 0 Å². The van der Waals surface area contributed by atoms with Crippen molar-refractivity contribution >= 4 is 0 Å². The van der Waals surface area contributed by atoms with Crippen molar-refractivity contribution in [3.05, 3.63) is 65.2 Å². The smallest absolute Gasteiger partial charge is 0.141 e. The molecule has 2 N–H and O–H groups in total. The predicted octanol–water partition coefficient (Wildman–Crippen LogP) is 2.53. The van der Waals surface area contributed by atoms with E-state index < -0.39 is 6.04 Å². The molecule has 0 bridgehead atoms. The molecule has 1 aliphatic heterocycles. The summed E-state index contributed by atoms with van der Waals surface area (Å²) < 4.78 is 19.0. The van der Waals surface area contributed by atoms with Crippen LogP contribution in [0.1, 0.15) is 28.8 Å². The van der Waals surface area contributed by atoms with E-state index in [-0.39, 0.29) is 11.9 Å². The minimum Gasteiger partial charge on any atom is -0.371 e. The maximum Gasteiger partial charge on any atom is 0.141 e. The molecule has 0 fully saturated rings. The zero-order valence-electron chi connectivity index (χ0n) is 10.4. The fourth-order valence-corrected chi connectivity index (χ4v) is 2.51. The Morgan fingerprint density at radius 3 is 3.00 bits per heavy atom. The SMILES string of the molecule is NC(c1cncc(F)c1)C1OCCc2ccccc21. The quantitative estimate of drug-likeness (QED) is 0.900. The molecule has 4 heteroatoms. The van der Waals surface area contributed by atoms with Crippen LogP contribution < -0.4 is 5.73 Å². The van der Waals surface area contributed by atoms with Gasteiger partial charge in [0.1, 0.15) is 11.9 Å². The van der Waals surface area contributed by atoms with E-state index in [1.807, 2.05) is 18.2 Å². The summed E-state index contributed by atoms with van der Waals surface area (Å²) in [5.74, 6) is -0.378. The Labute approximate surface area is 111 Å². The van der Waals surface area contributed by atoms with Crippen LogP contribution in [0.2, 0.25) is 0 Å². The normalized spacial score (nSPS) is 19.8. The summed E-state index contributed by atoms with van der Waals surface area (Å²) in [7, 11) is 0. The first kappa shape index (κ1) is 12.3. The molecule has 0 spiro atoms. The van der Waals surface area contributed by atoms with Crippen LogP contribution in [0.15, 0.2) is 42.7 Å². The van der Waals surface area contributed by atoms with Crippen molar-refractivity contribution in [2.45, 2.75) is 18.6 Å². The van der Waals surface area contributed by atoms with Crippen molar-refractivity contribution < 1.29 is 9.13 Å². The van der Waals surface area contributed by atoms with E-state index in [9.17, 15) is 4.39 Å². The van der Waals surface area contributed by atoms with Crippen molar-refractivity contribution in [3.8, 4) is 0 Å². The van der Waals surface area contributed by atoms with Crippen LogP contribution >= 0.6 is 0 Å². The van der Waals surface area contributed by atoms with Crippen molar-refractivity contribution in [2.24, 2.45) is 5.73 Å². The molecule has 0 radical (unpaired) electrons. The molecule has 1 aromatic carbocycles. The third kappa shape index (κ3) is 2.37. The third-order valence-corrected chi connectivity index (χ3v) is 3.47. The Kier molecular flexibility index (Phi) is 3.27. The lowest BCUT2D eigenvalue weighted by molar-refractivity contribution is 0.0240. The Balaban J connectivity index is 1.95. The second kappa shape index (κ2) is 5.07. The number of nitrogens with zero attached hydrogens (tertiary/aromatic N) is 1. The third-order valence-electron chi connectivity index (χ3n) is 3.47. The van der Waals surface area contributed by atoms with Crippen molar-refractivity contribution in [1.29, 1.82) is 0 Å². The molecular formula is C15H15FN2O. The van der Waals surface area contributed by atoms with E-state index in [1.165, 1.54) is 17.8 Å². The Hall–Kier alpha value is -1.78. The summed E-state index contributed by atoms with van der Waals surface area (Å²) in [6.07, 6.45) is 3.41. The molecule has 0 saturated heterocycles. The molecule has 98 valence electrons. The van der Waals surface area contributed by atoms with Crippen LogP contribution in [0.5, 0.6) is 0 Å². The lowest BCUT2D eigenvalue weighted by atomic mass is 9.91. The number of hydrogen-bond acceptors (Lipinski definition) is 3. The summed E-state index contributed by atoms with van der Waals surface area (Å²) in [6.45, 7) is 0.637. The molecule has 1 aliphatic rings. The number of halogens is 1. The number of ether oxygens (including phenoxy) is 1. The van der Waals surface area contributed by atoms with Gasteiger partial charge in [-0.05, 0) is 29.2 Å². The van der Waals surface area contributed by atoms with Gasteiger partial charge >= 0.3 is 0 Å². The first-order chi connectivity index (χ1) is 9.25. The van der Waals surface area contributed by atoms with E-state index >= 15 is 0 Å². The van der Waals surface area contributed by atoms with Gasteiger partial charge in [-0.2, -0.15) is 0 Å². The fourth-order valence-electron chi connectivity index (χ4n) is 2.51. The minimum absolute atomic E-state index is 0.242. The highest BCUT2D eigenvalue weighted by Gasteiger charge is 2.27. The Morgan fingerprint density at radius 1 is 1.32 bits per heavy atom. The number of fused-ring (bicyclic) bond motifs is 1. The molecule has 2 atom stereocenters. The molecular weight excluding hydrogens is 243 g/mol. The van der Waals surface area contributed by atoms with Crippen molar-refractivity contribution in [3.63, 3.8) is 0 Å². The van der Waals surface area contributed by atoms with Gasteiger partial charge < -0.3 is 10.5 Å². The van der Waals surface area contributed by atoms with Crippen molar-refractivity contribution in [2.75, 3.05) is 6.61 Å². The zero-order valence-corrected chi connectivity index (χ0v) is 10.4. The van der Waals surface area contributed by atoms with Crippen LogP contribution in [0.3, 0.4) is 0 Å². The van der Waals surface area contributed by atoms with Gasteiger partial charge in [0.15, 0.2) is 0 Å². The molecule has 0 aliphatic carbocycles. The van der Waals surface area contributed by atoms with Crippen LogP contribution in [0, 0.1) is 5.82 Å². The topological polar surface area (TPSA) is 48.1 Å². The predicted molar refractivity (Wildman–Crippen MR) is 70.0 cm³/mol. The molecule has 2 heterocycles. The summed E-state index contributed by atoms with van der Waals surface area (Å²) in [4.78, 5) is 3.85. The number of nitrogens with two attached hydrogens (primary N) is 1. The van der Waals surface area contributed by atoms with E-state index in [0.29, 0.717) is 12.2 Å². The summed E-state index contributed by atoms with van der Waals surface area (Å²) in [6, 6.07) is 9.09. The van der Waals surface area contributed by atoms with E-state index in [2.05, 4.69) is 11.1 Å². The monoisotopic (exact) mass is 258 g/mol. The fraction of sp³-hybridized carbons (Fsp3) is 0.267. The minimum atomic E-state index is -0.412. The van der Waals surface area contributed by atoms with Gasteiger partial charge in [0.05, 0.1) is 18.8 Å². The van der Waals surface area contributed by atoms with Crippen LogP contribution in [-0.4, -0.2) is 11.6 Å². The average molecular weight is 258 g/mol. The van der Waals surface area contributed by atoms with Gasteiger partial charge in [-0.15, -0.1) is 0 Å². The molecule has 0 saturated carbocycles. The highest BCUT2D eigenvalue weighted by Crippen LogP contribution is 2.35. The second-order valence-corrected chi connectivity index (χ2v) is 4.70. The molecule has 2 unspecified atom stereocenters. The maximum atomic E-state index is 13.2. The van der Waals surface area contributed by atoms with Crippen molar-refractivity contribution in [1.82, 2.24) is 4.98 Å². The standard InChI is InChI=1S/C15H15FN2O/c16-12-7-11(8-18-9-12)14(17)15-13-4-2-1-3-10(13)5-6-19-15/h1-4,7-9,14-15H,5-6,17H2. The largest absolute Gasteiger partial charge is 0.371 e. The number of rotatable bonds is 2. The maximum absolute atomic E-state index is 13.2. The number of aromatic nitrogens is 1. The number of benzene rings is 1. The lowest BCUT2D eigenvalue weighted by Gasteiger charge is -2.30. The van der Waals surface area contributed by atoms with Gasteiger partial charge in [0, 0.05) is 6.20 Å². The van der Waals surface area contributed by atoms with Gasteiger partial charge in [-0.25, -0.2) is 4.39 Å². The van der Waals surface area contributed by atoms with E-state index in [4.69, 9.17) is 10.5 Å². The molecule has 2 aromatic rings. The van der Waals surface area contributed by atoms with Crippen LogP contribution in [0.4, 0.5) is 4.39 Å². The Bertz CT molecular complexity index is 588. The zero-order chi connectivity index (χ0) is 13.2. The van der Waals surface area contributed by atoms with E-state index in [0.717, 1.165) is 12.0 Å². The Morgan fingerprint density at radius 2 is 2.16 bits per heavy atom. The highest BCUT2D eigenvalue weighted by molar-refractivity contribution is 5.33. The summed E-state index contributed by atoms with van der Waals surface area (Å²) in [5, 5.41) is 0. The van der Waals surface area contributed by atoms with E-state index in [1.54, 1.807) is 6.20 Å². The van der Waals surface area contributed by atoms with Crippen LogP contribution in [-0.2, 0) is 11.2 Å². The second-order valence-electron chi connectivity index (χ2n) is 4.70. The average Bonchev–Trinajstić information content (AvgIpc) is 2.46. The number of pyridine rings is 1. The van der Waals surface area contributed by atoms with Gasteiger partial charge in [-0.1, -0.05) is 24.3 Å². The molecule has 3 rings (SSSR count). The van der Waals surface area contributed by atoms with Gasteiger partial charge in [-0.3, -0.25) is 4.98 Å². The molecule has 19 heavy (non-hydrogen) atoms. The first-order valence-corrected chi connectivity index (χ1v) is 6.31. The van der Waals surface area contributed by atoms with Gasteiger partial charge in [0.2, 0.25) is 0 Å². The van der Waals surface area contributed by atoms with Crippen LogP contribution in [0.25, 0.3) is 0 Å². The summed E-state index contributed by atoms with van der Waals surface area (Å²) >= 11 is 0. The first-order valence-electron chi connectivity index (χ1n) is 6.31. The highest BCUT2D eigenvalue weighted by atomic mass is 19.1. The number of hydrogen-bond donors (Lipinski definition) is 1.